The zero-order valence-electron chi connectivity index (χ0n) is 13.9. The second-order valence-electron chi connectivity index (χ2n) is 5.77. The number of aromatic hydroxyl groups is 2. The summed E-state index contributed by atoms with van der Waals surface area (Å²) >= 11 is 0. The predicted octanol–water partition coefficient (Wildman–Crippen LogP) is 3.89. The number of aryl methyl sites for hydroxylation is 1. The fourth-order valence-electron chi connectivity index (χ4n) is 2.45. The maximum atomic E-state index is 10.1. The number of phenols is 2. The number of benzene rings is 2. The molecule has 1 atom stereocenters. The highest BCUT2D eigenvalue weighted by molar-refractivity contribution is 5.50. The molecule has 0 spiro atoms. The van der Waals surface area contributed by atoms with E-state index in [0.717, 1.165) is 24.0 Å². The van der Waals surface area contributed by atoms with Crippen LogP contribution in [0, 0.1) is 0 Å². The van der Waals surface area contributed by atoms with Crippen molar-refractivity contribution in [3.8, 4) is 17.2 Å². The van der Waals surface area contributed by atoms with Gasteiger partial charge in [0.1, 0.15) is 5.75 Å². The van der Waals surface area contributed by atoms with Gasteiger partial charge in [-0.25, -0.2) is 0 Å². The predicted molar refractivity (Wildman–Crippen MR) is 95.4 cm³/mol. The molecule has 0 heterocycles. The van der Waals surface area contributed by atoms with Crippen LogP contribution in [0.2, 0.25) is 0 Å². The normalized spacial score (nSPS) is 12.4. The molecule has 0 saturated carbocycles. The average Bonchev–Trinajstić information content (AvgIpc) is 2.59. The third-order valence-electron chi connectivity index (χ3n) is 3.88. The van der Waals surface area contributed by atoms with E-state index in [9.17, 15) is 15.3 Å². The standard InChI is InChI=1S/C20H24O4/c1-24-20-14-16(9-13-19(20)23)8-12-17(21)5-3-2-4-15-6-10-18(22)11-7-15/h2,4,6-7,9-11,13-14,17,21-23H,3,5,8,12H2,1H3/t17-/m0/s1. The van der Waals surface area contributed by atoms with Gasteiger partial charge in [0.15, 0.2) is 11.5 Å². The molecule has 0 saturated heterocycles. The maximum Gasteiger partial charge on any atom is 0.160 e. The Balaban J connectivity index is 1.73. The highest BCUT2D eigenvalue weighted by Crippen LogP contribution is 2.27. The van der Waals surface area contributed by atoms with E-state index in [1.807, 2.05) is 30.4 Å². The van der Waals surface area contributed by atoms with Gasteiger partial charge in [0.05, 0.1) is 13.2 Å². The van der Waals surface area contributed by atoms with Crippen molar-refractivity contribution in [2.75, 3.05) is 7.11 Å². The minimum Gasteiger partial charge on any atom is -0.508 e. The lowest BCUT2D eigenvalue weighted by Crippen LogP contribution is -2.07. The fourth-order valence-corrected chi connectivity index (χ4v) is 2.45. The number of methoxy groups -OCH3 is 1. The molecule has 0 aliphatic carbocycles. The second kappa shape index (κ2) is 8.99. The van der Waals surface area contributed by atoms with Gasteiger partial charge < -0.3 is 20.1 Å². The van der Waals surface area contributed by atoms with Crippen LogP contribution in [0.4, 0.5) is 0 Å². The number of allylic oxidation sites excluding steroid dienone is 1. The molecule has 0 radical (unpaired) electrons. The monoisotopic (exact) mass is 328 g/mol. The van der Waals surface area contributed by atoms with Gasteiger partial charge in [-0.05, 0) is 61.1 Å². The third kappa shape index (κ3) is 5.63. The van der Waals surface area contributed by atoms with E-state index in [1.165, 1.54) is 7.11 Å². The van der Waals surface area contributed by atoms with E-state index in [2.05, 4.69) is 0 Å². The quantitative estimate of drug-likeness (QED) is 0.687. The van der Waals surface area contributed by atoms with Gasteiger partial charge in [-0.3, -0.25) is 0 Å². The van der Waals surface area contributed by atoms with Crippen LogP contribution in [-0.4, -0.2) is 28.5 Å². The van der Waals surface area contributed by atoms with E-state index in [0.29, 0.717) is 18.6 Å². The number of aliphatic hydroxyl groups is 1. The molecule has 3 N–H and O–H groups in total. The van der Waals surface area contributed by atoms with Crippen LogP contribution >= 0.6 is 0 Å². The van der Waals surface area contributed by atoms with Crippen molar-refractivity contribution in [3.63, 3.8) is 0 Å². The number of aliphatic hydroxyl groups excluding tert-OH is 1. The second-order valence-corrected chi connectivity index (χ2v) is 5.77. The van der Waals surface area contributed by atoms with Gasteiger partial charge >= 0.3 is 0 Å². The Morgan fingerprint density at radius 1 is 1.04 bits per heavy atom. The highest BCUT2D eigenvalue weighted by atomic mass is 16.5. The molecule has 4 nitrogen and oxygen atoms in total. The zero-order chi connectivity index (χ0) is 17.4. The summed E-state index contributed by atoms with van der Waals surface area (Å²) < 4.78 is 5.08. The molecule has 0 amide bonds. The van der Waals surface area contributed by atoms with E-state index < -0.39 is 0 Å². The number of rotatable bonds is 8. The van der Waals surface area contributed by atoms with E-state index >= 15 is 0 Å². The fraction of sp³-hybridized carbons (Fsp3) is 0.300. The minimum atomic E-state index is -0.366. The van der Waals surface area contributed by atoms with Crippen molar-refractivity contribution in [3.05, 3.63) is 59.7 Å². The van der Waals surface area contributed by atoms with Gasteiger partial charge in [-0.15, -0.1) is 0 Å². The van der Waals surface area contributed by atoms with Crippen LogP contribution in [0.3, 0.4) is 0 Å². The topological polar surface area (TPSA) is 69.9 Å². The van der Waals surface area contributed by atoms with Crippen LogP contribution in [-0.2, 0) is 6.42 Å². The molecule has 0 aliphatic rings. The van der Waals surface area contributed by atoms with Crippen molar-refractivity contribution >= 4 is 6.08 Å². The first-order valence-electron chi connectivity index (χ1n) is 8.08. The van der Waals surface area contributed by atoms with Gasteiger partial charge in [-0.1, -0.05) is 30.4 Å². The third-order valence-corrected chi connectivity index (χ3v) is 3.88. The lowest BCUT2D eigenvalue weighted by atomic mass is 10.0. The van der Waals surface area contributed by atoms with Crippen molar-refractivity contribution in [1.82, 2.24) is 0 Å². The SMILES string of the molecule is COc1cc(CC[C@@H](O)CCC=Cc2ccc(O)cc2)ccc1O. The summed E-state index contributed by atoms with van der Waals surface area (Å²) in [7, 11) is 1.52. The van der Waals surface area contributed by atoms with Gasteiger partial charge in [0.2, 0.25) is 0 Å². The lowest BCUT2D eigenvalue weighted by Gasteiger charge is -2.10. The largest absolute Gasteiger partial charge is 0.508 e. The first-order valence-corrected chi connectivity index (χ1v) is 8.08. The Kier molecular flexibility index (Phi) is 6.70. The highest BCUT2D eigenvalue weighted by Gasteiger charge is 2.06. The van der Waals surface area contributed by atoms with Crippen LogP contribution in [0.1, 0.15) is 30.4 Å². The number of ether oxygens (including phenoxy) is 1. The van der Waals surface area contributed by atoms with Crippen LogP contribution in [0.25, 0.3) is 6.08 Å². The number of phenolic OH excluding ortho intramolecular Hbond substituents is 2. The number of hydrogen-bond acceptors (Lipinski definition) is 4. The average molecular weight is 328 g/mol. The maximum absolute atomic E-state index is 10.1. The van der Waals surface area contributed by atoms with Crippen molar-refractivity contribution in [1.29, 1.82) is 0 Å². The molecule has 0 aromatic heterocycles. The molecular weight excluding hydrogens is 304 g/mol. The first kappa shape index (κ1) is 17.9. The summed E-state index contributed by atoms with van der Waals surface area (Å²) in [6.45, 7) is 0. The van der Waals surface area contributed by atoms with Gasteiger partial charge in [-0.2, -0.15) is 0 Å². The van der Waals surface area contributed by atoms with Crippen LogP contribution in [0.5, 0.6) is 17.2 Å². The summed E-state index contributed by atoms with van der Waals surface area (Å²) in [5, 5.41) is 28.9. The Hall–Kier alpha value is -2.46. The van der Waals surface area contributed by atoms with Crippen molar-refractivity contribution < 1.29 is 20.1 Å². The van der Waals surface area contributed by atoms with Gasteiger partial charge in [0, 0.05) is 0 Å². The Bertz CT molecular complexity index is 662. The minimum absolute atomic E-state index is 0.126. The first-order chi connectivity index (χ1) is 11.6. The molecule has 0 aliphatic heterocycles. The smallest absolute Gasteiger partial charge is 0.160 e. The Labute approximate surface area is 142 Å². The summed E-state index contributed by atoms with van der Waals surface area (Å²) in [4.78, 5) is 0. The molecule has 0 unspecified atom stereocenters. The molecule has 0 fully saturated rings. The summed E-state index contributed by atoms with van der Waals surface area (Å²) in [6.07, 6.45) is 6.54. The van der Waals surface area contributed by atoms with Crippen LogP contribution < -0.4 is 4.74 Å². The van der Waals surface area contributed by atoms with Crippen LogP contribution in [0.15, 0.2) is 48.5 Å². The summed E-state index contributed by atoms with van der Waals surface area (Å²) in [5.41, 5.74) is 2.06. The molecule has 2 rings (SSSR count). The molecule has 2 aromatic carbocycles. The van der Waals surface area contributed by atoms with Gasteiger partial charge in [0.25, 0.3) is 0 Å². The Morgan fingerprint density at radius 3 is 2.50 bits per heavy atom. The molecule has 24 heavy (non-hydrogen) atoms. The van der Waals surface area contributed by atoms with E-state index in [-0.39, 0.29) is 17.6 Å². The molecule has 0 bridgehead atoms. The van der Waals surface area contributed by atoms with E-state index in [4.69, 9.17) is 4.74 Å². The summed E-state index contributed by atoms with van der Waals surface area (Å²) in [6, 6.07) is 12.3. The Morgan fingerprint density at radius 2 is 1.79 bits per heavy atom. The molecular formula is C20H24O4. The molecule has 2 aromatic rings. The molecule has 128 valence electrons. The lowest BCUT2D eigenvalue weighted by molar-refractivity contribution is 0.156. The van der Waals surface area contributed by atoms with E-state index in [1.54, 1.807) is 24.3 Å². The van der Waals surface area contributed by atoms with Crippen molar-refractivity contribution in [2.45, 2.75) is 31.8 Å². The summed E-state index contributed by atoms with van der Waals surface area (Å²) in [5.74, 6) is 0.841. The van der Waals surface area contributed by atoms with Crippen molar-refractivity contribution in [2.24, 2.45) is 0 Å². The zero-order valence-corrected chi connectivity index (χ0v) is 13.9. The number of hydrogen-bond donors (Lipinski definition) is 3. The molecule has 4 heteroatoms.